The molecule has 0 radical (unpaired) electrons. The van der Waals surface area contributed by atoms with Crippen molar-refractivity contribution in [3.8, 4) is 0 Å². The number of hydrogen-bond acceptors (Lipinski definition) is 2. The Morgan fingerprint density at radius 3 is 2.38 bits per heavy atom. The fourth-order valence-electron chi connectivity index (χ4n) is 0.964. The van der Waals surface area contributed by atoms with E-state index in [4.69, 9.17) is 4.74 Å². The number of ether oxygens (including phenoxy) is 1. The molecule has 0 spiro atoms. The maximum atomic E-state index is 11.0. The molecule has 0 aliphatic rings. The fourth-order valence-corrected chi connectivity index (χ4v) is 0.964. The van der Waals surface area contributed by atoms with Gasteiger partial charge in [0, 0.05) is 6.54 Å². The normalized spacial score (nSPS) is 9.38. The molecule has 4 nitrogen and oxygen atoms in total. The number of likely N-dealkylation sites (N-methyl/N-ethyl adjacent to an activating group) is 1. The van der Waals surface area contributed by atoms with Crippen LogP contribution in [0.5, 0.6) is 0 Å². The molecule has 0 rings (SSSR count). The minimum absolute atomic E-state index is 0.289. The fraction of sp³-hybridized carbons (Fsp3) is 0.917. The van der Waals surface area contributed by atoms with E-state index < -0.39 is 0 Å². The van der Waals surface area contributed by atoms with E-state index in [-0.39, 0.29) is 6.09 Å². The Balaban J connectivity index is 0. The highest BCUT2D eigenvalue weighted by molar-refractivity contribution is 5.66. The second-order valence-corrected chi connectivity index (χ2v) is 3.73. The van der Waals surface area contributed by atoms with Crippen molar-refractivity contribution in [2.24, 2.45) is 0 Å². The zero-order valence-electron chi connectivity index (χ0n) is 11.6. The van der Waals surface area contributed by atoms with Crippen molar-refractivity contribution in [2.45, 2.75) is 40.0 Å². The van der Waals surface area contributed by atoms with Crippen LogP contribution in [0.4, 0.5) is 4.79 Å². The van der Waals surface area contributed by atoms with E-state index in [1.54, 1.807) is 0 Å². The molecule has 0 saturated carbocycles. The Hall–Kier alpha value is -0.770. The van der Waals surface area contributed by atoms with Gasteiger partial charge in [0.15, 0.2) is 0 Å². The van der Waals surface area contributed by atoms with Crippen molar-refractivity contribution in [1.82, 2.24) is 5.32 Å². The molecule has 0 fully saturated rings. The average Bonchev–Trinajstić information content (AvgIpc) is 2.27. The van der Waals surface area contributed by atoms with Crippen LogP contribution in [0.1, 0.15) is 40.0 Å². The van der Waals surface area contributed by atoms with E-state index in [2.05, 4.69) is 12.2 Å². The van der Waals surface area contributed by atoms with Gasteiger partial charge in [0.2, 0.25) is 0 Å². The van der Waals surface area contributed by atoms with Crippen LogP contribution in [-0.4, -0.2) is 39.9 Å². The van der Waals surface area contributed by atoms with Gasteiger partial charge in [-0.2, -0.15) is 0 Å². The van der Waals surface area contributed by atoms with Gasteiger partial charge < -0.3 is 15.0 Å². The van der Waals surface area contributed by atoms with Crippen molar-refractivity contribution < 1.29 is 14.4 Å². The largest absolute Gasteiger partial charge is 0.444 e. The summed E-state index contributed by atoms with van der Waals surface area (Å²) in [5.41, 5.74) is 0. The van der Waals surface area contributed by atoms with E-state index in [1.807, 2.05) is 27.9 Å². The maximum absolute atomic E-state index is 11.0. The van der Waals surface area contributed by atoms with E-state index in [1.165, 1.54) is 11.3 Å². The molecule has 2 N–H and O–H groups in total. The molecule has 0 unspecified atom stereocenters. The summed E-state index contributed by atoms with van der Waals surface area (Å²) in [5, 5.41) is 2.72. The minimum atomic E-state index is -0.289. The van der Waals surface area contributed by atoms with Crippen molar-refractivity contribution in [3.05, 3.63) is 0 Å². The minimum Gasteiger partial charge on any atom is -0.444 e. The summed E-state index contributed by atoms with van der Waals surface area (Å²) in [6, 6.07) is 0. The summed E-state index contributed by atoms with van der Waals surface area (Å²) in [4.78, 5) is 12.3. The lowest BCUT2D eigenvalue weighted by atomic mass is 10.2. The SMILES string of the molecule is CC.CCCCCNC(=O)OCC[NH+](C)C. The summed E-state index contributed by atoms with van der Waals surface area (Å²) in [6.45, 7) is 8.20. The standard InChI is InChI=1S/C10H22N2O2.C2H6/c1-4-5-6-7-11-10(13)14-9-8-12(2)3;1-2/h4-9H2,1-3H3,(H,11,13);1-2H3/p+1. The number of unbranched alkanes of at least 4 members (excludes halogenated alkanes) is 2. The third-order valence-electron chi connectivity index (χ3n) is 1.88. The topological polar surface area (TPSA) is 42.8 Å². The number of quaternary nitrogens is 1. The number of rotatable bonds is 7. The number of alkyl carbamates (subject to hydrolysis) is 1. The summed E-state index contributed by atoms with van der Waals surface area (Å²) in [6.07, 6.45) is 3.07. The monoisotopic (exact) mass is 233 g/mol. The lowest BCUT2D eigenvalue weighted by Crippen LogP contribution is -3.06. The molecule has 0 atom stereocenters. The summed E-state index contributed by atoms with van der Waals surface area (Å²) in [5.74, 6) is 0. The highest BCUT2D eigenvalue weighted by Gasteiger charge is 2.01. The molecule has 0 aromatic rings. The van der Waals surface area contributed by atoms with Gasteiger partial charge in [0.25, 0.3) is 0 Å². The van der Waals surface area contributed by atoms with Gasteiger partial charge in [-0.25, -0.2) is 4.79 Å². The smallest absolute Gasteiger partial charge is 0.407 e. The zero-order chi connectivity index (χ0) is 12.8. The molecule has 1 amide bonds. The van der Waals surface area contributed by atoms with Crippen LogP contribution >= 0.6 is 0 Å². The molecule has 0 aliphatic carbocycles. The Morgan fingerprint density at radius 2 is 1.88 bits per heavy atom. The molecular weight excluding hydrogens is 204 g/mol. The first-order valence-corrected chi connectivity index (χ1v) is 6.36. The van der Waals surface area contributed by atoms with Crippen LogP contribution in [0.2, 0.25) is 0 Å². The van der Waals surface area contributed by atoms with Gasteiger partial charge >= 0.3 is 6.09 Å². The molecular formula is C12H29N2O2+. The Bertz CT molecular complexity index is 150. The second-order valence-electron chi connectivity index (χ2n) is 3.73. The van der Waals surface area contributed by atoms with Gasteiger partial charge in [-0.05, 0) is 6.42 Å². The number of carbonyl (C=O) groups excluding carboxylic acids is 1. The third-order valence-corrected chi connectivity index (χ3v) is 1.88. The van der Waals surface area contributed by atoms with E-state index >= 15 is 0 Å². The van der Waals surface area contributed by atoms with Crippen molar-refractivity contribution >= 4 is 6.09 Å². The molecule has 0 saturated heterocycles. The Morgan fingerprint density at radius 1 is 1.25 bits per heavy atom. The van der Waals surface area contributed by atoms with E-state index in [0.717, 1.165) is 25.9 Å². The molecule has 98 valence electrons. The quantitative estimate of drug-likeness (QED) is 0.646. The third kappa shape index (κ3) is 15.7. The lowest BCUT2D eigenvalue weighted by molar-refractivity contribution is -0.858. The molecule has 16 heavy (non-hydrogen) atoms. The average molecular weight is 233 g/mol. The van der Waals surface area contributed by atoms with Gasteiger partial charge in [-0.1, -0.05) is 33.6 Å². The van der Waals surface area contributed by atoms with Crippen molar-refractivity contribution in [1.29, 1.82) is 0 Å². The van der Waals surface area contributed by atoms with E-state index in [0.29, 0.717) is 6.61 Å². The predicted molar refractivity (Wildman–Crippen MR) is 67.9 cm³/mol. The highest BCUT2D eigenvalue weighted by atomic mass is 16.5. The van der Waals surface area contributed by atoms with Crippen LogP contribution in [0.25, 0.3) is 0 Å². The van der Waals surface area contributed by atoms with Crippen molar-refractivity contribution in [2.75, 3.05) is 33.8 Å². The Labute approximate surface area is 100 Å². The maximum Gasteiger partial charge on any atom is 0.407 e. The molecule has 0 bridgehead atoms. The first-order valence-electron chi connectivity index (χ1n) is 6.36. The van der Waals surface area contributed by atoms with Crippen LogP contribution in [0, 0.1) is 0 Å². The first-order chi connectivity index (χ1) is 7.66. The van der Waals surface area contributed by atoms with Crippen LogP contribution in [0.3, 0.4) is 0 Å². The van der Waals surface area contributed by atoms with Crippen LogP contribution in [-0.2, 0) is 4.74 Å². The number of amides is 1. The molecule has 4 heteroatoms. The van der Waals surface area contributed by atoms with Gasteiger partial charge in [-0.15, -0.1) is 0 Å². The highest BCUT2D eigenvalue weighted by Crippen LogP contribution is 1.91. The van der Waals surface area contributed by atoms with Gasteiger partial charge in [0.1, 0.15) is 13.2 Å². The van der Waals surface area contributed by atoms with Gasteiger partial charge in [0.05, 0.1) is 14.1 Å². The summed E-state index contributed by atoms with van der Waals surface area (Å²) < 4.78 is 4.96. The van der Waals surface area contributed by atoms with Gasteiger partial charge in [-0.3, -0.25) is 0 Å². The predicted octanol–water partition coefficient (Wildman–Crippen LogP) is 1.07. The van der Waals surface area contributed by atoms with Crippen molar-refractivity contribution in [3.63, 3.8) is 0 Å². The first kappa shape index (κ1) is 17.6. The molecule has 0 aliphatic heterocycles. The number of carbonyl (C=O) groups is 1. The zero-order valence-corrected chi connectivity index (χ0v) is 11.6. The summed E-state index contributed by atoms with van der Waals surface area (Å²) >= 11 is 0. The molecule has 0 aromatic heterocycles. The van der Waals surface area contributed by atoms with Crippen LogP contribution in [0.15, 0.2) is 0 Å². The summed E-state index contributed by atoms with van der Waals surface area (Å²) in [7, 11) is 4.06. The van der Waals surface area contributed by atoms with E-state index in [9.17, 15) is 4.79 Å². The number of nitrogens with one attached hydrogen (secondary N) is 2. The number of hydrogen-bond donors (Lipinski definition) is 2. The van der Waals surface area contributed by atoms with Crippen LogP contribution < -0.4 is 10.2 Å². The Kier molecular flexibility index (Phi) is 15.7. The molecule has 0 aromatic carbocycles. The second kappa shape index (κ2) is 14.2. The lowest BCUT2D eigenvalue weighted by Gasteiger charge is -2.08. The molecule has 0 heterocycles.